The summed E-state index contributed by atoms with van der Waals surface area (Å²) in [7, 11) is -5.69. The van der Waals surface area contributed by atoms with Gasteiger partial charge in [-0.3, -0.25) is 14.1 Å². The maximum atomic E-state index is 13.3. The van der Waals surface area contributed by atoms with Crippen molar-refractivity contribution in [1.82, 2.24) is 0 Å². The third-order valence-electron chi connectivity index (χ3n) is 5.39. The molecule has 0 aromatic rings. The molecule has 27 heavy (non-hydrogen) atoms. The first kappa shape index (κ1) is 22.0. The van der Waals surface area contributed by atoms with Gasteiger partial charge in [0.25, 0.3) is 0 Å². The summed E-state index contributed by atoms with van der Waals surface area (Å²) in [5.41, 5.74) is -0.584. The zero-order chi connectivity index (χ0) is 20.3. The molecule has 2 aliphatic rings. The highest BCUT2D eigenvalue weighted by Crippen LogP contribution is 2.37. The average Bonchev–Trinajstić information content (AvgIpc) is 2.59. The maximum absolute atomic E-state index is 13.3. The van der Waals surface area contributed by atoms with E-state index in [1.807, 2.05) is 6.92 Å². The first-order chi connectivity index (χ1) is 12.5. The SMILES string of the molecule is CC1(OC(=O)C2CCCCC2C(=O)OCC(F)(F)S(=O)(=O)O)CCCCC1. The highest BCUT2D eigenvalue weighted by Gasteiger charge is 2.47. The molecule has 0 heterocycles. The van der Waals surface area contributed by atoms with Crippen LogP contribution in [0.15, 0.2) is 0 Å². The number of rotatable bonds is 6. The molecule has 2 saturated carbocycles. The smallest absolute Gasteiger partial charge is 0.402 e. The van der Waals surface area contributed by atoms with Crippen LogP contribution in [0.1, 0.15) is 64.7 Å². The van der Waals surface area contributed by atoms with Crippen LogP contribution in [-0.4, -0.2) is 42.4 Å². The number of esters is 2. The Morgan fingerprint density at radius 3 is 2.07 bits per heavy atom. The number of alkyl halides is 2. The van der Waals surface area contributed by atoms with Gasteiger partial charge in [-0.25, -0.2) is 0 Å². The molecule has 156 valence electrons. The molecule has 0 radical (unpaired) electrons. The third-order valence-corrected chi connectivity index (χ3v) is 6.26. The summed E-state index contributed by atoms with van der Waals surface area (Å²) >= 11 is 0. The lowest BCUT2D eigenvalue weighted by molar-refractivity contribution is -0.176. The normalized spacial score (nSPS) is 26.2. The zero-order valence-corrected chi connectivity index (χ0v) is 16.1. The van der Waals surface area contributed by atoms with E-state index in [2.05, 4.69) is 4.74 Å². The van der Waals surface area contributed by atoms with E-state index in [1.54, 1.807) is 0 Å². The third kappa shape index (κ3) is 5.60. The minimum atomic E-state index is -5.69. The molecular weight excluding hydrogens is 386 g/mol. The van der Waals surface area contributed by atoms with E-state index in [4.69, 9.17) is 9.29 Å². The van der Waals surface area contributed by atoms with E-state index >= 15 is 0 Å². The summed E-state index contributed by atoms with van der Waals surface area (Å²) in [4.78, 5) is 24.9. The van der Waals surface area contributed by atoms with Crippen LogP contribution in [0.5, 0.6) is 0 Å². The van der Waals surface area contributed by atoms with Crippen LogP contribution in [0, 0.1) is 11.8 Å². The largest absolute Gasteiger partial charge is 0.459 e. The van der Waals surface area contributed by atoms with Crippen LogP contribution in [-0.2, 0) is 29.2 Å². The first-order valence-corrected chi connectivity index (χ1v) is 10.6. The Balaban J connectivity index is 2.01. The molecule has 1 N–H and O–H groups in total. The topological polar surface area (TPSA) is 107 Å². The molecule has 10 heteroatoms. The molecule has 0 spiro atoms. The van der Waals surface area contributed by atoms with Gasteiger partial charge >= 0.3 is 27.3 Å². The molecule has 7 nitrogen and oxygen atoms in total. The number of ether oxygens (including phenoxy) is 2. The Morgan fingerprint density at radius 1 is 1.04 bits per heavy atom. The molecule has 0 aromatic carbocycles. The van der Waals surface area contributed by atoms with Crippen molar-refractivity contribution < 1.29 is 40.8 Å². The maximum Gasteiger partial charge on any atom is 0.402 e. The van der Waals surface area contributed by atoms with Gasteiger partial charge in [0.15, 0.2) is 6.61 Å². The molecule has 0 saturated heterocycles. The van der Waals surface area contributed by atoms with Crippen molar-refractivity contribution in [2.24, 2.45) is 11.8 Å². The lowest BCUT2D eigenvalue weighted by atomic mass is 9.79. The van der Waals surface area contributed by atoms with Crippen LogP contribution in [0.25, 0.3) is 0 Å². The van der Waals surface area contributed by atoms with Gasteiger partial charge in [0.2, 0.25) is 0 Å². The van der Waals surface area contributed by atoms with Crippen molar-refractivity contribution in [2.45, 2.75) is 75.6 Å². The van der Waals surface area contributed by atoms with Gasteiger partial charge in [-0.15, -0.1) is 0 Å². The van der Waals surface area contributed by atoms with E-state index in [-0.39, 0.29) is 6.42 Å². The van der Waals surface area contributed by atoms with Crippen LogP contribution < -0.4 is 0 Å². The fourth-order valence-corrected chi connectivity index (χ4v) is 3.96. The molecule has 0 amide bonds. The Bertz CT molecular complexity index is 656. The number of carbonyl (C=O) groups is 2. The predicted octanol–water partition coefficient (Wildman–Crippen LogP) is 3.08. The van der Waals surface area contributed by atoms with E-state index in [0.717, 1.165) is 32.1 Å². The van der Waals surface area contributed by atoms with Crippen molar-refractivity contribution in [3.05, 3.63) is 0 Å². The van der Waals surface area contributed by atoms with Crippen molar-refractivity contribution in [3.63, 3.8) is 0 Å². The quantitative estimate of drug-likeness (QED) is 0.528. The second-order valence-electron chi connectivity index (χ2n) is 7.65. The van der Waals surface area contributed by atoms with Gasteiger partial charge in [-0.05, 0) is 45.4 Å². The minimum absolute atomic E-state index is 0.271. The summed E-state index contributed by atoms with van der Waals surface area (Å²) < 4.78 is 66.3. The van der Waals surface area contributed by atoms with Crippen molar-refractivity contribution in [3.8, 4) is 0 Å². The van der Waals surface area contributed by atoms with Crippen molar-refractivity contribution in [2.75, 3.05) is 6.61 Å². The number of hydrogen-bond donors (Lipinski definition) is 1. The van der Waals surface area contributed by atoms with Gasteiger partial charge in [0.05, 0.1) is 11.8 Å². The van der Waals surface area contributed by atoms with Crippen LogP contribution in [0.4, 0.5) is 8.78 Å². The second-order valence-corrected chi connectivity index (χ2v) is 9.20. The van der Waals surface area contributed by atoms with Crippen molar-refractivity contribution >= 4 is 22.1 Å². The standard InChI is InChI=1S/C17H26F2O7S/c1-16(9-5-2-6-10-16)26-15(21)13-8-4-3-7-12(13)14(20)25-11-17(18,19)27(22,23)24/h12-13H,2-11H2,1H3,(H,22,23,24). The van der Waals surface area contributed by atoms with E-state index in [0.29, 0.717) is 19.3 Å². The molecular formula is C17H26F2O7S. The summed E-state index contributed by atoms with van der Waals surface area (Å²) in [5, 5.41) is -4.59. The molecule has 2 atom stereocenters. The molecule has 2 aliphatic carbocycles. The van der Waals surface area contributed by atoms with Crippen molar-refractivity contribution in [1.29, 1.82) is 0 Å². The Morgan fingerprint density at radius 2 is 1.56 bits per heavy atom. The van der Waals surface area contributed by atoms with E-state index < -0.39 is 51.4 Å². The van der Waals surface area contributed by atoms with Gasteiger partial charge in [-0.1, -0.05) is 19.3 Å². The molecule has 2 unspecified atom stereocenters. The Hall–Kier alpha value is -1.29. The zero-order valence-electron chi connectivity index (χ0n) is 15.3. The van der Waals surface area contributed by atoms with Gasteiger partial charge in [-0.2, -0.15) is 17.2 Å². The van der Waals surface area contributed by atoms with Gasteiger partial charge in [0.1, 0.15) is 5.60 Å². The summed E-state index contributed by atoms with van der Waals surface area (Å²) in [6, 6.07) is 0. The Kier molecular flexibility index (Phi) is 6.83. The predicted molar refractivity (Wildman–Crippen MR) is 90.5 cm³/mol. The average molecular weight is 412 g/mol. The first-order valence-electron chi connectivity index (χ1n) is 9.20. The van der Waals surface area contributed by atoms with Crippen LogP contribution >= 0.6 is 0 Å². The molecule has 0 aromatic heterocycles. The van der Waals surface area contributed by atoms with Crippen LogP contribution in [0.3, 0.4) is 0 Å². The molecule has 0 bridgehead atoms. The monoisotopic (exact) mass is 412 g/mol. The van der Waals surface area contributed by atoms with E-state index in [1.165, 1.54) is 0 Å². The summed E-state index contributed by atoms with van der Waals surface area (Å²) in [6.45, 7) is 0.0630. The molecule has 2 rings (SSSR count). The van der Waals surface area contributed by atoms with Gasteiger partial charge in [0, 0.05) is 0 Å². The summed E-state index contributed by atoms with van der Waals surface area (Å²) in [5.74, 6) is -3.38. The highest BCUT2D eigenvalue weighted by molar-refractivity contribution is 7.86. The van der Waals surface area contributed by atoms with Crippen LogP contribution in [0.2, 0.25) is 0 Å². The molecule has 0 aliphatic heterocycles. The fraction of sp³-hybridized carbons (Fsp3) is 0.882. The Labute approximate surface area is 157 Å². The lowest BCUT2D eigenvalue weighted by Crippen LogP contribution is -2.42. The van der Waals surface area contributed by atoms with E-state index in [9.17, 15) is 26.8 Å². The second kappa shape index (κ2) is 8.38. The lowest BCUT2D eigenvalue weighted by Gasteiger charge is -2.36. The highest BCUT2D eigenvalue weighted by atomic mass is 32.2. The number of hydrogen-bond acceptors (Lipinski definition) is 6. The number of carbonyl (C=O) groups excluding carboxylic acids is 2. The number of halogens is 2. The fourth-order valence-electron chi connectivity index (χ4n) is 3.75. The van der Waals surface area contributed by atoms with Gasteiger partial charge < -0.3 is 9.47 Å². The summed E-state index contributed by atoms with van der Waals surface area (Å²) in [6.07, 6.45) is 6.41. The molecule has 2 fully saturated rings. The minimum Gasteiger partial charge on any atom is -0.459 e.